The maximum Gasteiger partial charge on any atom is 0.276 e. The number of rotatable bonds is 2. The van der Waals surface area contributed by atoms with Gasteiger partial charge in [-0.2, -0.15) is 0 Å². The summed E-state index contributed by atoms with van der Waals surface area (Å²) in [5, 5.41) is -0.361. The van der Waals surface area contributed by atoms with E-state index in [2.05, 4.69) is 0 Å². The van der Waals surface area contributed by atoms with Crippen LogP contribution in [0.2, 0.25) is 0 Å². The lowest BCUT2D eigenvalue weighted by Crippen LogP contribution is -2.03. The van der Waals surface area contributed by atoms with Crippen molar-refractivity contribution >= 4 is 28.6 Å². The summed E-state index contributed by atoms with van der Waals surface area (Å²) in [5.41, 5.74) is 4.74. The van der Waals surface area contributed by atoms with E-state index in [1.165, 1.54) is 0 Å². The Balaban J connectivity index is 2.82. The lowest BCUT2D eigenvalue weighted by molar-refractivity contribution is 0.267. The third-order valence-electron chi connectivity index (χ3n) is 0.321. The van der Waals surface area contributed by atoms with Crippen molar-refractivity contribution in [3.8, 4) is 0 Å². The van der Waals surface area contributed by atoms with Crippen LogP contribution in [0.15, 0.2) is 0 Å². The quantitative estimate of drug-likeness (QED) is 0.581. The van der Waals surface area contributed by atoms with Crippen molar-refractivity contribution in [1.29, 1.82) is 0 Å². The standard InChI is InChI=1S/C3H6ClNOS/c4-1-2-7-3(5)6/h1-2H2,(H2,5,6). The number of nitrogens with two attached hydrogens (primary N) is 1. The first kappa shape index (κ1) is 7.11. The van der Waals surface area contributed by atoms with Crippen LogP contribution in [0.5, 0.6) is 0 Å². The van der Waals surface area contributed by atoms with Gasteiger partial charge in [0.1, 0.15) is 0 Å². The Kier molecular flexibility index (Phi) is 4.34. The fourth-order valence-corrected chi connectivity index (χ4v) is 0.649. The van der Waals surface area contributed by atoms with Crippen LogP contribution in [-0.2, 0) is 0 Å². The van der Waals surface area contributed by atoms with Crippen LogP contribution < -0.4 is 5.73 Å². The van der Waals surface area contributed by atoms with Crippen LogP contribution in [0.4, 0.5) is 4.79 Å². The normalized spacial score (nSPS) is 8.71. The maximum atomic E-state index is 9.88. The van der Waals surface area contributed by atoms with Gasteiger partial charge >= 0.3 is 0 Å². The highest BCUT2D eigenvalue weighted by molar-refractivity contribution is 8.13. The van der Waals surface area contributed by atoms with E-state index in [-0.39, 0.29) is 5.24 Å². The second-order valence-corrected chi connectivity index (χ2v) is 2.33. The van der Waals surface area contributed by atoms with Crippen LogP contribution in [0, 0.1) is 0 Å². The summed E-state index contributed by atoms with van der Waals surface area (Å²) in [5.74, 6) is 1.09. The average molecular weight is 140 g/mol. The van der Waals surface area contributed by atoms with Crippen molar-refractivity contribution in [2.45, 2.75) is 0 Å². The summed E-state index contributed by atoms with van der Waals surface area (Å²) >= 11 is 6.26. The monoisotopic (exact) mass is 139 g/mol. The van der Waals surface area contributed by atoms with E-state index >= 15 is 0 Å². The number of amides is 1. The molecule has 42 valence electrons. The smallest absolute Gasteiger partial charge is 0.276 e. The number of thioether (sulfide) groups is 1. The van der Waals surface area contributed by atoms with E-state index in [1.54, 1.807) is 0 Å². The van der Waals surface area contributed by atoms with Gasteiger partial charge in [0.15, 0.2) is 0 Å². The van der Waals surface area contributed by atoms with E-state index < -0.39 is 0 Å². The molecule has 0 saturated heterocycles. The maximum absolute atomic E-state index is 9.88. The molecule has 0 heterocycles. The summed E-state index contributed by atoms with van der Waals surface area (Å²) in [6.07, 6.45) is 0. The van der Waals surface area contributed by atoms with Gasteiger partial charge in [0.05, 0.1) is 0 Å². The van der Waals surface area contributed by atoms with E-state index in [0.29, 0.717) is 11.6 Å². The SMILES string of the molecule is NC(=O)SCCCl. The largest absolute Gasteiger partial charge is 0.361 e. The number of carbonyl (C=O) groups excluding carboxylic acids is 1. The van der Waals surface area contributed by atoms with Gasteiger partial charge in [-0.1, -0.05) is 11.8 Å². The van der Waals surface area contributed by atoms with Gasteiger partial charge in [0.25, 0.3) is 5.24 Å². The van der Waals surface area contributed by atoms with E-state index in [1.807, 2.05) is 0 Å². The molecule has 4 heteroatoms. The summed E-state index contributed by atoms with van der Waals surface area (Å²) in [4.78, 5) is 9.88. The minimum atomic E-state index is -0.361. The Bertz CT molecular complexity index is 68.0. The molecular formula is C3H6ClNOS. The van der Waals surface area contributed by atoms with Gasteiger partial charge in [0, 0.05) is 11.6 Å². The van der Waals surface area contributed by atoms with Gasteiger partial charge in [0.2, 0.25) is 0 Å². The highest BCUT2D eigenvalue weighted by Gasteiger charge is 1.89. The second-order valence-electron chi connectivity index (χ2n) is 0.856. The Morgan fingerprint density at radius 1 is 1.86 bits per heavy atom. The zero-order valence-electron chi connectivity index (χ0n) is 3.69. The first-order chi connectivity index (χ1) is 3.27. The van der Waals surface area contributed by atoms with Crippen LogP contribution in [0.25, 0.3) is 0 Å². The van der Waals surface area contributed by atoms with Gasteiger partial charge in [-0.15, -0.1) is 11.6 Å². The zero-order valence-corrected chi connectivity index (χ0v) is 5.26. The van der Waals surface area contributed by atoms with E-state index in [9.17, 15) is 4.79 Å². The van der Waals surface area contributed by atoms with Crippen LogP contribution in [-0.4, -0.2) is 16.9 Å². The molecule has 0 aromatic carbocycles. The highest BCUT2D eigenvalue weighted by atomic mass is 35.5. The molecule has 0 unspecified atom stereocenters. The van der Waals surface area contributed by atoms with Gasteiger partial charge in [-0.25, -0.2) is 0 Å². The molecule has 0 aliphatic carbocycles. The molecule has 0 aliphatic heterocycles. The van der Waals surface area contributed by atoms with Crippen LogP contribution in [0.1, 0.15) is 0 Å². The highest BCUT2D eigenvalue weighted by Crippen LogP contribution is 1.97. The summed E-state index contributed by atoms with van der Waals surface area (Å²) < 4.78 is 0. The van der Waals surface area contributed by atoms with Crippen LogP contribution in [0.3, 0.4) is 0 Å². The first-order valence-electron chi connectivity index (χ1n) is 1.75. The predicted molar refractivity (Wildman–Crippen MR) is 32.8 cm³/mol. The fourth-order valence-electron chi connectivity index (χ4n) is 0.139. The Hall–Kier alpha value is 0.110. The molecule has 0 radical (unpaired) electrons. The molecule has 2 N–H and O–H groups in total. The van der Waals surface area contributed by atoms with Crippen molar-refractivity contribution in [1.82, 2.24) is 0 Å². The molecule has 7 heavy (non-hydrogen) atoms. The van der Waals surface area contributed by atoms with Crippen molar-refractivity contribution < 1.29 is 4.79 Å². The Morgan fingerprint density at radius 2 is 2.43 bits per heavy atom. The minimum absolute atomic E-state index is 0.361. The molecule has 0 spiro atoms. The van der Waals surface area contributed by atoms with Crippen LogP contribution >= 0.6 is 23.4 Å². The fraction of sp³-hybridized carbons (Fsp3) is 0.667. The topological polar surface area (TPSA) is 43.1 Å². The summed E-state index contributed by atoms with van der Waals surface area (Å²) in [7, 11) is 0. The Labute approximate surface area is 51.4 Å². The van der Waals surface area contributed by atoms with Crippen molar-refractivity contribution in [2.75, 3.05) is 11.6 Å². The van der Waals surface area contributed by atoms with Gasteiger partial charge < -0.3 is 5.73 Å². The number of alkyl halides is 1. The summed E-state index contributed by atoms with van der Waals surface area (Å²) in [6, 6.07) is 0. The molecule has 0 atom stereocenters. The number of hydrogen-bond acceptors (Lipinski definition) is 2. The number of hydrogen-bond donors (Lipinski definition) is 1. The van der Waals surface area contributed by atoms with Crippen molar-refractivity contribution in [3.63, 3.8) is 0 Å². The zero-order chi connectivity index (χ0) is 5.70. The van der Waals surface area contributed by atoms with E-state index in [4.69, 9.17) is 17.3 Å². The Morgan fingerprint density at radius 3 is 2.57 bits per heavy atom. The average Bonchev–Trinajstić information content (AvgIpc) is 1.61. The molecule has 0 saturated carbocycles. The predicted octanol–water partition coefficient (Wildman–Crippen LogP) is 1.04. The lowest BCUT2D eigenvalue weighted by Gasteiger charge is -1.85. The molecule has 0 bridgehead atoms. The van der Waals surface area contributed by atoms with Gasteiger partial charge in [-0.3, -0.25) is 4.79 Å². The third kappa shape index (κ3) is 6.11. The molecule has 0 aromatic heterocycles. The minimum Gasteiger partial charge on any atom is -0.361 e. The molecule has 0 rings (SSSR count). The number of carbonyl (C=O) groups is 1. The molecular weight excluding hydrogens is 134 g/mol. The summed E-state index contributed by atoms with van der Waals surface area (Å²) in [6.45, 7) is 0. The van der Waals surface area contributed by atoms with Gasteiger partial charge in [-0.05, 0) is 0 Å². The molecule has 1 amide bonds. The first-order valence-corrected chi connectivity index (χ1v) is 3.27. The van der Waals surface area contributed by atoms with E-state index in [0.717, 1.165) is 11.8 Å². The molecule has 0 aliphatic rings. The number of primary amides is 1. The van der Waals surface area contributed by atoms with Crippen molar-refractivity contribution in [2.24, 2.45) is 5.73 Å². The van der Waals surface area contributed by atoms with Crippen molar-refractivity contribution in [3.05, 3.63) is 0 Å². The second kappa shape index (κ2) is 4.27. The molecule has 2 nitrogen and oxygen atoms in total. The lowest BCUT2D eigenvalue weighted by atomic mass is 11.0. The molecule has 0 fully saturated rings. The number of halogens is 1. The third-order valence-corrected chi connectivity index (χ3v) is 1.43. The molecule has 0 aromatic rings.